The first-order valence-electron chi connectivity index (χ1n) is 16.3. The largest absolute Gasteiger partial charge is 0.0619 e. The van der Waals surface area contributed by atoms with E-state index in [0.29, 0.717) is 0 Å². The smallest absolute Gasteiger partial charge is 0.0159 e. The van der Waals surface area contributed by atoms with Crippen molar-refractivity contribution in [1.29, 1.82) is 0 Å². The van der Waals surface area contributed by atoms with E-state index in [9.17, 15) is 0 Å². The number of rotatable bonds is 3. The van der Waals surface area contributed by atoms with Gasteiger partial charge in [0.05, 0.1) is 0 Å². The summed E-state index contributed by atoms with van der Waals surface area (Å²) in [5, 5.41) is 7.67. The van der Waals surface area contributed by atoms with E-state index >= 15 is 0 Å². The molecule has 0 heteroatoms. The van der Waals surface area contributed by atoms with E-state index in [2.05, 4.69) is 172 Å². The van der Waals surface area contributed by atoms with Crippen molar-refractivity contribution in [3.63, 3.8) is 0 Å². The van der Waals surface area contributed by atoms with Gasteiger partial charge in [0.1, 0.15) is 0 Å². The molecule has 0 radical (unpaired) electrons. The zero-order chi connectivity index (χ0) is 31.0. The molecule has 0 atom stereocenters. The van der Waals surface area contributed by atoms with Crippen LogP contribution in [0.1, 0.15) is 30.5 Å². The van der Waals surface area contributed by atoms with Gasteiger partial charge in [0.2, 0.25) is 0 Å². The molecular weight excluding hydrogens is 553 g/mol. The van der Waals surface area contributed by atoms with E-state index < -0.39 is 0 Å². The molecular formula is C46H34. The first-order valence-corrected chi connectivity index (χ1v) is 16.3. The highest BCUT2D eigenvalue weighted by atomic mass is 14.4. The van der Waals surface area contributed by atoms with Gasteiger partial charge in [-0.2, -0.15) is 0 Å². The van der Waals surface area contributed by atoms with Crippen LogP contribution in [0.4, 0.5) is 0 Å². The minimum Gasteiger partial charge on any atom is -0.0619 e. The van der Waals surface area contributed by atoms with Gasteiger partial charge in [0.25, 0.3) is 0 Å². The van der Waals surface area contributed by atoms with Crippen LogP contribution in [0.2, 0.25) is 0 Å². The second-order valence-electron chi connectivity index (χ2n) is 13.4. The Morgan fingerprint density at radius 1 is 0.370 bits per heavy atom. The van der Waals surface area contributed by atoms with Crippen LogP contribution in [0, 0.1) is 6.92 Å². The Morgan fingerprint density at radius 2 is 0.935 bits per heavy atom. The Morgan fingerprint density at radius 3 is 1.74 bits per heavy atom. The van der Waals surface area contributed by atoms with Crippen LogP contribution in [0.5, 0.6) is 0 Å². The van der Waals surface area contributed by atoms with E-state index in [-0.39, 0.29) is 5.41 Å². The van der Waals surface area contributed by atoms with E-state index in [0.717, 1.165) is 0 Å². The molecule has 0 fully saturated rings. The molecule has 0 aliphatic heterocycles. The molecule has 9 rings (SSSR count). The van der Waals surface area contributed by atoms with Crippen molar-refractivity contribution >= 4 is 32.3 Å². The zero-order valence-electron chi connectivity index (χ0n) is 26.4. The van der Waals surface area contributed by atoms with Crippen LogP contribution in [-0.4, -0.2) is 0 Å². The van der Waals surface area contributed by atoms with Crippen molar-refractivity contribution in [3.8, 4) is 44.5 Å². The van der Waals surface area contributed by atoms with Crippen LogP contribution in [0.3, 0.4) is 0 Å². The van der Waals surface area contributed by atoms with Crippen molar-refractivity contribution in [1.82, 2.24) is 0 Å². The highest BCUT2D eigenvalue weighted by molar-refractivity contribution is 6.22. The van der Waals surface area contributed by atoms with Crippen molar-refractivity contribution in [2.45, 2.75) is 26.2 Å². The molecule has 0 N–H and O–H groups in total. The summed E-state index contributed by atoms with van der Waals surface area (Å²) in [6.07, 6.45) is 0. The van der Waals surface area contributed by atoms with Gasteiger partial charge in [0, 0.05) is 5.41 Å². The summed E-state index contributed by atoms with van der Waals surface area (Å²) in [5.74, 6) is 0. The molecule has 8 aromatic carbocycles. The summed E-state index contributed by atoms with van der Waals surface area (Å²) in [7, 11) is 0. The maximum absolute atomic E-state index is 2.48. The van der Waals surface area contributed by atoms with Crippen molar-refractivity contribution < 1.29 is 0 Å². The molecule has 0 saturated carbocycles. The Labute approximate surface area is 270 Å². The maximum Gasteiger partial charge on any atom is 0.0159 e. The average Bonchev–Trinajstić information content (AvgIpc) is 3.33. The summed E-state index contributed by atoms with van der Waals surface area (Å²) in [5.41, 5.74) is 14.3. The van der Waals surface area contributed by atoms with Crippen LogP contribution >= 0.6 is 0 Å². The molecule has 1 aliphatic rings. The lowest BCUT2D eigenvalue weighted by molar-refractivity contribution is 0.660. The third kappa shape index (κ3) is 4.00. The molecule has 8 aromatic rings. The molecule has 0 spiro atoms. The van der Waals surface area contributed by atoms with Gasteiger partial charge in [-0.3, -0.25) is 0 Å². The van der Waals surface area contributed by atoms with Gasteiger partial charge < -0.3 is 0 Å². The summed E-state index contributed by atoms with van der Waals surface area (Å²) >= 11 is 0. The minimum absolute atomic E-state index is 0.0639. The predicted molar refractivity (Wildman–Crippen MR) is 198 cm³/mol. The molecule has 0 amide bonds. The molecule has 0 aromatic heterocycles. The fourth-order valence-electron chi connectivity index (χ4n) is 7.93. The van der Waals surface area contributed by atoms with Gasteiger partial charge in [0.15, 0.2) is 0 Å². The third-order valence-corrected chi connectivity index (χ3v) is 10.3. The van der Waals surface area contributed by atoms with Crippen LogP contribution < -0.4 is 0 Å². The fraction of sp³-hybridized carbons (Fsp3) is 0.0870. The number of benzene rings is 8. The fourth-order valence-corrected chi connectivity index (χ4v) is 7.93. The van der Waals surface area contributed by atoms with E-state index in [1.807, 2.05) is 0 Å². The maximum atomic E-state index is 2.48. The molecule has 0 nitrogen and oxygen atoms in total. The summed E-state index contributed by atoms with van der Waals surface area (Å²) < 4.78 is 0. The van der Waals surface area contributed by atoms with Crippen LogP contribution in [0.15, 0.2) is 152 Å². The van der Waals surface area contributed by atoms with Crippen molar-refractivity contribution in [3.05, 3.63) is 168 Å². The number of aryl methyl sites for hydroxylation is 1. The first-order chi connectivity index (χ1) is 22.5. The Hall–Kier alpha value is -5.46. The molecule has 0 saturated heterocycles. The Kier molecular flexibility index (Phi) is 5.86. The second kappa shape index (κ2) is 10.0. The van der Waals surface area contributed by atoms with Crippen LogP contribution in [0.25, 0.3) is 76.8 Å². The summed E-state index contributed by atoms with van der Waals surface area (Å²) in [4.78, 5) is 0. The monoisotopic (exact) mass is 586 g/mol. The van der Waals surface area contributed by atoms with Crippen LogP contribution in [-0.2, 0) is 5.41 Å². The minimum atomic E-state index is -0.0639. The molecule has 46 heavy (non-hydrogen) atoms. The quantitative estimate of drug-likeness (QED) is 0.181. The lowest BCUT2D eigenvalue weighted by atomic mass is 9.80. The average molecular weight is 587 g/mol. The standard InChI is InChI=1S/C46H34/c1-29-16-18-31(19-17-29)44-38-13-6-7-14-39(38)45(35-23-24-37-36-12-8-9-15-42(36)46(2,3)43(37)28-35)41-27-34(22-25-40(41)44)33-21-20-30-10-4-5-11-32(30)26-33/h4-28H,1-3H3. The van der Waals surface area contributed by atoms with Gasteiger partial charge in [-0.1, -0.05) is 153 Å². The topological polar surface area (TPSA) is 0 Å². The van der Waals surface area contributed by atoms with Crippen molar-refractivity contribution in [2.75, 3.05) is 0 Å². The van der Waals surface area contributed by atoms with E-state index in [4.69, 9.17) is 0 Å². The van der Waals surface area contributed by atoms with Crippen molar-refractivity contribution in [2.24, 2.45) is 0 Å². The lowest BCUT2D eigenvalue weighted by Gasteiger charge is -2.23. The zero-order valence-corrected chi connectivity index (χ0v) is 26.4. The number of fused-ring (bicyclic) bond motifs is 6. The molecule has 218 valence electrons. The van der Waals surface area contributed by atoms with Gasteiger partial charge in [-0.15, -0.1) is 0 Å². The summed E-state index contributed by atoms with van der Waals surface area (Å²) in [6.45, 7) is 6.90. The Balaban J connectivity index is 1.37. The number of hydrogen-bond acceptors (Lipinski definition) is 0. The second-order valence-corrected chi connectivity index (χ2v) is 13.4. The normalized spacial score (nSPS) is 13.3. The van der Waals surface area contributed by atoms with E-state index in [1.165, 1.54) is 93.5 Å². The lowest BCUT2D eigenvalue weighted by Crippen LogP contribution is -2.14. The third-order valence-electron chi connectivity index (χ3n) is 10.3. The summed E-state index contributed by atoms with van der Waals surface area (Å²) in [6, 6.07) is 56.7. The predicted octanol–water partition coefficient (Wildman–Crippen LogP) is 12.8. The Bertz CT molecular complexity index is 2490. The molecule has 0 bridgehead atoms. The highest BCUT2D eigenvalue weighted by Crippen LogP contribution is 2.51. The van der Waals surface area contributed by atoms with E-state index in [1.54, 1.807) is 0 Å². The molecule has 0 heterocycles. The van der Waals surface area contributed by atoms with Gasteiger partial charge >= 0.3 is 0 Å². The highest BCUT2D eigenvalue weighted by Gasteiger charge is 2.35. The number of hydrogen-bond donors (Lipinski definition) is 0. The first kappa shape index (κ1) is 26.9. The molecule has 1 aliphatic carbocycles. The SMILES string of the molecule is Cc1ccc(-c2c3ccccc3c(-c3ccc4c(c3)C(C)(C)c3ccccc3-4)c3cc(-c4ccc5ccccc5c4)ccc23)cc1. The molecule has 0 unspecified atom stereocenters. The van der Waals surface area contributed by atoms with Gasteiger partial charge in [-0.05, 0) is 113 Å². The van der Waals surface area contributed by atoms with Gasteiger partial charge in [-0.25, -0.2) is 0 Å².